The quantitative estimate of drug-likeness (QED) is 0.540. The Balaban J connectivity index is 1.68. The van der Waals surface area contributed by atoms with Gasteiger partial charge in [0.15, 0.2) is 0 Å². The van der Waals surface area contributed by atoms with Crippen LogP contribution >= 0.6 is 0 Å². The van der Waals surface area contributed by atoms with Crippen LogP contribution in [0.3, 0.4) is 0 Å². The van der Waals surface area contributed by atoms with Gasteiger partial charge in [-0.05, 0) is 36.8 Å². The molecule has 4 N–H and O–H groups in total. The Kier molecular flexibility index (Phi) is 5.99. The third-order valence-corrected chi connectivity index (χ3v) is 10.9. The van der Waals surface area contributed by atoms with Crippen LogP contribution in [0.4, 0.5) is 0 Å². The maximum absolute atomic E-state index is 7.66. The Hall–Kier alpha value is -1.02. The van der Waals surface area contributed by atoms with Crippen molar-refractivity contribution < 1.29 is 18.9 Å². The lowest BCUT2D eigenvalue weighted by Gasteiger charge is -2.65. The van der Waals surface area contributed by atoms with Gasteiger partial charge in [0.2, 0.25) is 0 Å². The molecule has 0 spiro atoms. The zero-order valence-corrected chi connectivity index (χ0v) is 21.6. The third kappa shape index (κ3) is 2.73. The molecule has 4 fully saturated rings. The van der Waals surface area contributed by atoms with Crippen LogP contribution in [-0.2, 0) is 30.0 Å². The fraction of sp³-hybridized carbons (Fsp3) is 0.786. The molecule has 0 bridgehead atoms. The van der Waals surface area contributed by atoms with Crippen molar-refractivity contribution in [2.45, 2.75) is 64.5 Å². The summed E-state index contributed by atoms with van der Waals surface area (Å²) in [6.45, 7) is 14.5. The second-order valence-corrected chi connectivity index (χ2v) is 11.7. The maximum Gasteiger partial charge on any atom is 0.0612 e. The van der Waals surface area contributed by atoms with E-state index in [9.17, 15) is 0 Å². The van der Waals surface area contributed by atoms with Crippen LogP contribution in [0.2, 0.25) is 0 Å². The van der Waals surface area contributed by atoms with E-state index in [1.54, 1.807) is 0 Å². The summed E-state index contributed by atoms with van der Waals surface area (Å²) in [6.07, 6.45) is 3.90. The van der Waals surface area contributed by atoms with E-state index in [0.717, 1.165) is 25.7 Å². The van der Waals surface area contributed by atoms with Crippen LogP contribution in [0.5, 0.6) is 0 Å². The molecule has 0 atom stereocenters. The number of rotatable bonds is 10. The van der Waals surface area contributed by atoms with Crippen molar-refractivity contribution in [3.05, 3.63) is 35.4 Å². The largest absolute Gasteiger partial charge is 0.380 e. The lowest BCUT2D eigenvalue weighted by molar-refractivity contribution is -0.251. The summed E-state index contributed by atoms with van der Waals surface area (Å²) in [5.74, 6) is 0. The van der Waals surface area contributed by atoms with Gasteiger partial charge in [0, 0.05) is 21.7 Å². The molecule has 4 aliphatic rings. The van der Waals surface area contributed by atoms with Crippen LogP contribution in [0.25, 0.3) is 0 Å². The molecule has 6 heteroatoms. The normalized spacial score (nSPS) is 26.5. The van der Waals surface area contributed by atoms with Gasteiger partial charge in [-0.15, -0.1) is 0 Å². The van der Waals surface area contributed by atoms with Crippen molar-refractivity contribution in [3.63, 3.8) is 0 Å². The van der Waals surface area contributed by atoms with E-state index in [4.69, 9.17) is 30.4 Å². The van der Waals surface area contributed by atoms with Gasteiger partial charge < -0.3 is 30.4 Å². The van der Waals surface area contributed by atoms with E-state index >= 15 is 0 Å². The highest BCUT2D eigenvalue weighted by Gasteiger charge is 2.68. The van der Waals surface area contributed by atoms with Crippen LogP contribution in [0.1, 0.15) is 64.5 Å². The Bertz CT molecular complexity index is 764. The molecular formula is C28H44N2O4. The molecule has 6 nitrogen and oxygen atoms in total. The first-order valence-corrected chi connectivity index (χ1v) is 13.3. The van der Waals surface area contributed by atoms with E-state index in [1.165, 1.54) is 11.1 Å². The molecule has 1 aromatic rings. The molecule has 4 saturated heterocycles. The lowest BCUT2D eigenvalue weighted by Crippen LogP contribution is -2.75. The van der Waals surface area contributed by atoms with E-state index in [1.807, 2.05) is 0 Å². The molecule has 0 radical (unpaired) electrons. The summed E-state index contributed by atoms with van der Waals surface area (Å²) in [5.41, 5.74) is 16.1. The van der Waals surface area contributed by atoms with Gasteiger partial charge in [-0.3, -0.25) is 0 Å². The molecule has 0 saturated carbocycles. The molecule has 4 heterocycles. The van der Waals surface area contributed by atoms with Crippen molar-refractivity contribution in [2.24, 2.45) is 33.1 Å². The SMILES string of the molecule is CCC1(C(N)(c2cccc(C(N)(C3(CC)COC3)C3(CC)COC3)c2)C2(CC)COC2)COC1. The minimum atomic E-state index is -0.554. The monoisotopic (exact) mass is 472 g/mol. The first-order chi connectivity index (χ1) is 16.3. The summed E-state index contributed by atoms with van der Waals surface area (Å²) in [4.78, 5) is 0. The summed E-state index contributed by atoms with van der Waals surface area (Å²) < 4.78 is 23.3. The van der Waals surface area contributed by atoms with Crippen LogP contribution in [0.15, 0.2) is 24.3 Å². The minimum absolute atomic E-state index is 0.104. The van der Waals surface area contributed by atoms with Gasteiger partial charge in [-0.2, -0.15) is 0 Å². The van der Waals surface area contributed by atoms with Gasteiger partial charge in [-0.1, -0.05) is 52.0 Å². The predicted octanol–water partition coefficient (Wildman–Crippen LogP) is 3.70. The predicted molar refractivity (Wildman–Crippen MR) is 132 cm³/mol. The maximum atomic E-state index is 7.66. The van der Waals surface area contributed by atoms with Gasteiger partial charge in [-0.25, -0.2) is 0 Å². The highest BCUT2D eigenvalue weighted by molar-refractivity contribution is 5.42. The second-order valence-electron chi connectivity index (χ2n) is 11.7. The molecule has 0 unspecified atom stereocenters. The van der Waals surface area contributed by atoms with Crippen LogP contribution in [0, 0.1) is 21.7 Å². The molecule has 0 aliphatic carbocycles. The van der Waals surface area contributed by atoms with Crippen LogP contribution in [-0.4, -0.2) is 52.9 Å². The Morgan fingerprint density at radius 3 is 1.03 bits per heavy atom. The zero-order valence-electron chi connectivity index (χ0n) is 21.6. The van der Waals surface area contributed by atoms with Gasteiger partial charge in [0.25, 0.3) is 0 Å². The molecular weight excluding hydrogens is 428 g/mol. The third-order valence-electron chi connectivity index (χ3n) is 10.9. The fourth-order valence-corrected chi connectivity index (χ4v) is 7.60. The standard InChI is InChI=1S/C28H44N2O4/c1-5-23(13-31-14-23)27(29,24(6-2)15-32-16-24)21-10-9-11-22(12-21)28(30,25(7-3)17-33-18-25)26(8-4)19-34-20-26/h9-12H,5-8,13-20,29-30H2,1-4H3. The first kappa shape index (κ1) is 24.7. The first-order valence-electron chi connectivity index (χ1n) is 13.3. The summed E-state index contributed by atoms with van der Waals surface area (Å²) >= 11 is 0. The highest BCUT2D eigenvalue weighted by Crippen LogP contribution is 2.62. The van der Waals surface area contributed by atoms with Gasteiger partial charge in [0.1, 0.15) is 0 Å². The van der Waals surface area contributed by atoms with Crippen molar-refractivity contribution >= 4 is 0 Å². The second kappa shape index (κ2) is 8.25. The molecule has 5 rings (SSSR count). The average Bonchev–Trinajstić information content (AvgIpc) is 2.72. The molecule has 34 heavy (non-hydrogen) atoms. The Labute approximate surface area is 205 Å². The van der Waals surface area contributed by atoms with Crippen molar-refractivity contribution in [3.8, 4) is 0 Å². The van der Waals surface area contributed by atoms with Crippen LogP contribution < -0.4 is 11.5 Å². The smallest absolute Gasteiger partial charge is 0.0612 e. The van der Waals surface area contributed by atoms with E-state index in [2.05, 4.69) is 52.0 Å². The Morgan fingerprint density at radius 1 is 0.588 bits per heavy atom. The molecule has 0 amide bonds. The van der Waals surface area contributed by atoms with Gasteiger partial charge in [0.05, 0.1) is 63.9 Å². The highest BCUT2D eigenvalue weighted by atomic mass is 16.5. The summed E-state index contributed by atoms with van der Waals surface area (Å²) in [7, 11) is 0. The average molecular weight is 473 g/mol. The number of hydrogen-bond donors (Lipinski definition) is 2. The van der Waals surface area contributed by atoms with E-state index < -0.39 is 11.1 Å². The minimum Gasteiger partial charge on any atom is -0.380 e. The van der Waals surface area contributed by atoms with E-state index in [0.29, 0.717) is 52.9 Å². The lowest BCUT2D eigenvalue weighted by atomic mass is 9.48. The number of benzene rings is 1. The number of ether oxygens (including phenoxy) is 4. The zero-order chi connectivity index (χ0) is 24.3. The molecule has 1 aromatic carbocycles. The molecule has 190 valence electrons. The molecule has 0 aromatic heterocycles. The summed E-state index contributed by atoms with van der Waals surface area (Å²) in [5, 5.41) is 0. The number of hydrogen-bond acceptors (Lipinski definition) is 6. The van der Waals surface area contributed by atoms with Gasteiger partial charge >= 0.3 is 0 Å². The fourth-order valence-electron chi connectivity index (χ4n) is 7.60. The van der Waals surface area contributed by atoms with Crippen molar-refractivity contribution in [1.82, 2.24) is 0 Å². The molecule has 4 aliphatic heterocycles. The summed E-state index contributed by atoms with van der Waals surface area (Å²) in [6, 6.07) is 8.96. The van der Waals surface area contributed by atoms with Crippen molar-refractivity contribution in [1.29, 1.82) is 0 Å². The topological polar surface area (TPSA) is 89.0 Å². The van der Waals surface area contributed by atoms with Crippen molar-refractivity contribution in [2.75, 3.05) is 52.9 Å². The number of nitrogens with two attached hydrogens (primary N) is 2. The van der Waals surface area contributed by atoms with E-state index in [-0.39, 0.29) is 21.7 Å². The Morgan fingerprint density at radius 2 is 0.853 bits per heavy atom.